The molecule has 0 amide bonds. The predicted octanol–water partition coefficient (Wildman–Crippen LogP) is 2.77. The minimum absolute atomic E-state index is 0.0139. The van der Waals surface area contributed by atoms with Crippen molar-refractivity contribution in [3.63, 3.8) is 0 Å². The molecule has 1 aliphatic rings. The third-order valence-electron chi connectivity index (χ3n) is 3.15. The lowest BCUT2D eigenvalue weighted by Gasteiger charge is -2.14. The van der Waals surface area contributed by atoms with Gasteiger partial charge in [-0.2, -0.15) is 0 Å². The molecule has 4 nitrogen and oxygen atoms in total. The molecule has 1 unspecified atom stereocenters. The van der Waals surface area contributed by atoms with Gasteiger partial charge in [0.05, 0.1) is 6.04 Å². The first kappa shape index (κ1) is 13.6. The van der Waals surface area contributed by atoms with Gasteiger partial charge in [0.2, 0.25) is 6.79 Å². The van der Waals surface area contributed by atoms with Crippen molar-refractivity contribution < 1.29 is 23.0 Å². The maximum atomic E-state index is 13.6. The third kappa shape index (κ3) is 2.75. The summed E-state index contributed by atoms with van der Waals surface area (Å²) in [7, 11) is 0. The summed E-state index contributed by atoms with van der Waals surface area (Å²) in [4.78, 5) is 0. The fourth-order valence-corrected chi connectivity index (χ4v) is 2.05. The Balaban J connectivity index is 1.68. The van der Waals surface area contributed by atoms with Crippen LogP contribution >= 0.6 is 0 Å². The fraction of sp³-hybridized carbons (Fsp3) is 0.200. The molecule has 1 heterocycles. The molecule has 0 saturated heterocycles. The molecule has 0 aromatic heterocycles. The van der Waals surface area contributed by atoms with E-state index in [0.717, 1.165) is 6.07 Å². The Morgan fingerprint density at radius 3 is 2.81 bits per heavy atom. The summed E-state index contributed by atoms with van der Waals surface area (Å²) in [5, 5.41) is 0. The first-order chi connectivity index (χ1) is 10.1. The summed E-state index contributed by atoms with van der Waals surface area (Å²) in [5.74, 6) is -0.127. The molecule has 1 aliphatic heterocycles. The van der Waals surface area contributed by atoms with Crippen molar-refractivity contribution in [2.24, 2.45) is 5.73 Å². The van der Waals surface area contributed by atoms with Gasteiger partial charge < -0.3 is 19.9 Å². The van der Waals surface area contributed by atoms with E-state index in [4.69, 9.17) is 19.9 Å². The summed E-state index contributed by atoms with van der Waals surface area (Å²) in [5.41, 5.74) is 5.92. The van der Waals surface area contributed by atoms with Crippen molar-refractivity contribution >= 4 is 0 Å². The zero-order chi connectivity index (χ0) is 14.8. The van der Waals surface area contributed by atoms with Gasteiger partial charge in [0.15, 0.2) is 23.1 Å². The third-order valence-corrected chi connectivity index (χ3v) is 3.15. The van der Waals surface area contributed by atoms with Gasteiger partial charge in [-0.15, -0.1) is 0 Å². The Morgan fingerprint density at radius 2 is 1.95 bits per heavy atom. The maximum absolute atomic E-state index is 13.6. The van der Waals surface area contributed by atoms with Gasteiger partial charge in [-0.05, 0) is 18.2 Å². The average molecular weight is 293 g/mol. The number of hydrogen-bond acceptors (Lipinski definition) is 4. The van der Waals surface area contributed by atoms with Gasteiger partial charge in [-0.1, -0.05) is 12.1 Å². The second kappa shape index (κ2) is 5.57. The molecule has 2 aromatic rings. The number of rotatable bonds is 4. The van der Waals surface area contributed by atoms with E-state index in [-0.39, 0.29) is 19.0 Å². The van der Waals surface area contributed by atoms with Crippen LogP contribution in [0.4, 0.5) is 8.78 Å². The molecule has 21 heavy (non-hydrogen) atoms. The highest BCUT2D eigenvalue weighted by atomic mass is 19.2. The van der Waals surface area contributed by atoms with E-state index in [1.807, 2.05) is 0 Å². The highest BCUT2D eigenvalue weighted by Gasteiger charge is 2.17. The monoisotopic (exact) mass is 293 g/mol. The second-order valence-electron chi connectivity index (χ2n) is 4.58. The molecule has 1 atom stereocenters. The zero-order valence-corrected chi connectivity index (χ0v) is 11.0. The standard InChI is InChI=1S/C15H13F2NO3/c16-11-3-1-2-10(15(11)17)12(18)7-19-9-4-5-13-14(6-9)21-8-20-13/h1-6,12H,7-8,18H2. The van der Waals surface area contributed by atoms with E-state index in [0.29, 0.717) is 17.2 Å². The minimum atomic E-state index is -0.945. The topological polar surface area (TPSA) is 53.7 Å². The van der Waals surface area contributed by atoms with Crippen LogP contribution in [0.2, 0.25) is 0 Å². The van der Waals surface area contributed by atoms with E-state index < -0.39 is 17.7 Å². The quantitative estimate of drug-likeness (QED) is 0.941. The molecule has 0 saturated carbocycles. The number of benzene rings is 2. The molecule has 6 heteroatoms. The van der Waals surface area contributed by atoms with E-state index in [1.165, 1.54) is 12.1 Å². The van der Waals surface area contributed by atoms with Crippen molar-refractivity contribution in [3.05, 3.63) is 53.6 Å². The lowest BCUT2D eigenvalue weighted by molar-refractivity contribution is 0.173. The van der Waals surface area contributed by atoms with E-state index in [1.54, 1.807) is 18.2 Å². The molecular formula is C15H13F2NO3. The Kier molecular flexibility index (Phi) is 3.62. The Bertz CT molecular complexity index is 663. The molecule has 110 valence electrons. The van der Waals surface area contributed by atoms with Gasteiger partial charge in [0.1, 0.15) is 12.4 Å². The minimum Gasteiger partial charge on any atom is -0.491 e. The molecule has 0 spiro atoms. The first-order valence-corrected chi connectivity index (χ1v) is 6.37. The van der Waals surface area contributed by atoms with E-state index in [9.17, 15) is 8.78 Å². The van der Waals surface area contributed by atoms with Crippen LogP contribution in [0.5, 0.6) is 17.2 Å². The van der Waals surface area contributed by atoms with Crippen LogP contribution in [0.1, 0.15) is 11.6 Å². The lowest BCUT2D eigenvalue weighted by Crippen LogP contribution is -2.20. The molecule has 0 bridgehead atoms. The lowest BCUT2D eigenvalue weighted by atomic mass is 10.1. The highest BCUT2D eigenvalue weighted by molar-refractivity contribution is 5.46. The van der Waals surface area contributed by atoms with Gasteiger partial charge in [0, 0.05) is 11.6 Å². The number of halogens is 2. The van der Waals surface area contributed by atoms with Crippen molar-refractivity contribution in [1.82, 2.24) is 0 Å². The van der Waals surface area contributed by atoms with Crippen LogP contribution in [0.15, 0.2) is 36.4 Å². The van der Waals surface area contributed by atoms with Crippen molar-refractivity contribution in [2.45, 2.75) is 6.04 Å². The van der Waals surface area contributed by atoms with Gasteiger partial charge >= 0.3 is 0 Å². The van der Waals surface area contributed by atoms with E-state index in [2.05, 4.69) is 0 Å². The van der Waals surface area contributed by atoms with Crippen LogP contribution in [0.3, 0.4) is 0 Å². The summed E-state index contributed by atoms with van der Waals surface area (Å²) in [6, 6.07) is 8.20. The van der Waals surface area contributed by atoms with Gasteiger partial charge in [-0.25, -0.2) is 8.78 Å². The Hall–Kier alpha value is -2.34. The summed E-state index contributed by atoms with van der Waals surface area (Å²) < 4.78 is 42.7. The van der Waals surface area contributed by atoms with Crippen LogP contribution in [0, 0.1) is 11.6 Å². The van der Waals surface area contributed by atoms with Crippen LogP contribution in [0.25, 0.3) is 0 Å². The zero-order valence-electron chi connectivity index (χ0n) is 11.0. The van der Waals surface area contributed by atoms with Crippen molar-refractivity contribution in [1.29, 1.82) is 0 Å². The van der Waals surface area contributed by atoms with Crippen LogP contribution < -0.4 is 19.9 Å². The number of fused-ring (bicyclic) bond motifs is 1. The SMILES string of the molecule is NC(COc1ccc2c(c1)OCO2)c1cccc(F)c1F. The predicted molar refractivity (Wildman–Crippen MR) is 71.3 cm³/mol. The molecule has 0 aliphatic carbocycles. The fourth-order valence-electron chi connectivity index (χ4n) is 2.05. The largest absolute Gasteiger partial charge is 0.491 e. The highest BCUT2D eigenvalue weighted by Crippen LogP contribution is 2.35. The van der Waals surface area contributed by atoms with Crippen molar-refractivity contribution in [3.8, 4) is 17.2 Å². The maximum Gasteiger partial charge on any atom is 0.231 e. The Labute approximate surface area is 120 Å². The smallest absolute Gasteiger partial charge is 0.231 e. The average Bonchev–Trinajstić information content (AvgIpc) is 2.95. The number of hydrogen-bond donors (Lipinski definition) is 1. The van der Waals surface area contributed by atoms with Crippen molar-refractivity contribution in [2.75, 3.05) is 13.4 Å². The Morgan fingerprint density at radius 1 is 1.14 bits per heavy atom. The van der Waals surface area contributed by atoms with E-state index >= 15 is 0 Å². The second-order valence-corrected chi connectivity index (χ2v) is 4.58. The van der Waals surface area contributed by atoms with Crippen LogP contribution in [-0.4, -0.2) is 13.4 Å². The summed E-state index contributed by atoms with van der Waals surface area (Å²) in [6.45, 7) is 0.187. The normalized spacial score (nSPS) is 14.0. The molecule has 0 fully saturated rings. The number of nitrogens with two attached hydrogens (primary N) is 1. The summed E-state index contributed by atoms with van der Waals surface area (Å²) >= 11 is 0. The summed E-state index contributed by atoms with van der Waals surface area (Å²) in [6.07, 6.45) is 0. The molecule has 2 N–H and O–H groups in total. The molecule has 3 rings (SSSR count). The molecule has 0 radical (unpaired) electrons. The number of ether oxygens (including phenoxy) is 3. The molecule has 2 aromatic carbocycles. The van der Waals surface area contributed by atoms with Gasteiger partial charge in [-0.3, -0.25) is 0 Å². The van der Waals surface area contributed by atoms with Gasteiger partial charge in [0.25, 0.3) is 0 Å². The molecular weight excluding hydrogens is 280 g/mol. The van der Waals surface area contributed by atoms with Crippen LogP contribution in [-0.2, 0) is 0 Å². The first-order valence-electron chi connectivity index (χ1n) is 6.37.